The molecule has 160 valence electrons. The zero-order chi connectivity index (χ0) is 22.7. The Morgan fingerprint density at radius 3 is 2.34 bits per heavy atom. The Morgan fingerprint density at radius 1 is 1.03 bits per heavy atom. The van der Waals surface area contributed by atoms with Crippen molar-refractivity contribution in [2.75, 3.05) is 0 Å². The van der Waals surface area contributed by atoms with Crippen molar-refractivity contribution in [1.29, 1.82) is 5.41 Å². The third-order valence-electron chi connectivity index (χ3n) is 5.23. The number of amidine groups is 1. The van der Waals surface area contributed by atoms with Crippen LogP contribution in [0.3, 0.4) is 0 Å². The van der Waals surface area contributed by atoms with Gasteiger partial charge in [-0.15, -0.1) is 5.10 Å². The molecule has 0 spiro atoms. The molecule has 8 nitrogen and oxygen atoms in total. The molecule has 0 fully saturated rings. The SMILES string of the molecule is N=C(N)c1ccc(CC(c2ccccc2)c2nn(-c3ccccc3C(=O)O)c(=O)[nH]2)cc1. The number of carboxylic acid groups (broad SMARTS) is 1. The molecule has 0 aliphatic carbocycles. The number of aromatic nitrogens is 3. The van der Waals surface area contributed by atoms with Crippen LogP contribution in [0, 0.1) is 5.41 Å². The minimum atomic E-state index is -1.14. The van der Waals surface area contributed by atoms with Gasteiger partial charge in [0.15, 0.2) is 0 Å². The van der Waals surface area contributed by atoms with Crippen molar-refractivity contribution in [3.63, 3.8) is 0 Å². The first-order valence-corrected chi connectivity index (χ1v) is 9.94. The summed E-state index contributed by atoms with van der Waals surface area (Å²) in [5.41, 5.74) is 7.78. The van der Waals surface area contributed by atoms with Crippen LogP contribution in [-0.2, 0) is 6.42 Å². The topological polar surface area (TPSA) is 138 Å². The molecule has 0 amide bonds. The summed E-state index contributed by atoms with van der Waals surface area (Å²) in [6, 6.07) is 23.2. The lowest BCUT2D eigenvalue weighted by atomic mass is 9.91. The maximum atomic E-state index is 12.7. The minimum Gasteiger partial charge on any atom is -0.478 e. The molecule has 4 aromatic rings. The number of hydrogen-bond donors (Lipinski definition) is 4. The van der Waals surface area contributed by atoms with Gasteiger partial charge < -0.3 is 10.8 Å². The van der Waals surface area contributed by atoms with E-state index in [9.17, 15) is 14.7 Å². The fourth-order valence-corrected chi connectivity index (χ4v) is 3.61. The molecular formula is C24H21N5O3. The molecular weight excluding hydrogens is 406 g/mol. The Bertz CT molecular complexity index is 1320. The second-order valence-electron chi connectivity index (χ2n) is 7.33. The highest BCUT2D eigenvalue weighted by molar-refractivity contribution is 5.94. The van der Waals surface area contributed by atoms with E-state index in [-0.39, 0.29) is 23.0 Å². The maximum Gasteiger partial charge on any atom is 0.348 e. The fraction of sp³-hybridized carbons (Fsp3) is 0.0833. The van der Waals surface area contributed by atoms with Gasteiger partial charge in [0.05, 0.1) is 11.3 Å². The predicted molar refractivity (Wildman–Crippen MR) is 121 cm³/mol. The predicted octanol–water partition coefficient (Wildman–Crippen LogP) is 2.92. The van der Waals surface area contributed by atoms with Crippen LogP contribution >= 0.6 is 0 Å². The maximum absolute atomic E-state index is 12.7. The third-order valence-corrected chi connectivity index (χ3v) is 5.23. The Kier molecular flexibility index (Phi) is 5.67. The largest absolute Gasteiger partial charge is 0.478 e. The molecule has 3 aromatic carbocycles. The van der Waals surface area contributed by atoms with Gasteiger partial charge >= 0.3 is 11.7 Å². The summed E-state index contributed by atoms with van der Waals surface area (Å²) in [5.74, 6) is -0.985. The second-order valence-corrected chi connectivity index (χ2v) is 7.33. The number of carbonyl (C=O) groups is 1. The molecule has 0 saturated heterocycles. The monoisotopic (exact) mass is 427 g/mol. The van der Waals surface area contributed by atoms with Crippen LogP contribution in [0.4, 0.5) is 0 Å². The average Bonchev–Trinajstić information content (AvgIpc) is 3.19. The zero-order valence-electron chi connectivity index (χ0n) is 17.0. The molecule has 1 aromatic heterocycles. The number of nitrogens with zero attached hydrogens (tertiary/aromatic N) is 2. The van der Waals surface area contributed by atoms with Gasteiger partial charge in [-0.25, -0.2) is 9.59 Å². The first kappa shape index (κ1) is 20.8. The number of benzene rings is 3. The standard InChI is InChI=1S/C24H21N5O3/c25-21(26)17-12-10-15(11-13-17)14-19(16-6-2-1-3-7-16)22-27-24(32)29(28-22)20-9-5-4-8-18(20)23(30)31/h1-13,19H,14H2,(H3,25,26)(H,30,31)(H,27,28,32). The molecule has 4 rings (SSSR count). The molecule has 5 N–H and O–H groups in total. The summed E-state index contributed by atoms with van der Waals surface area (Å²) < 4.78 is 1.09. The first-order valence-electron chi connectivity index (χ1n) is 9.94. The lowest BCUT2D eigenvalue weighted by Gasteiger charge is -2.15. The van der Waals surface area contributed by atoms with E-state index >= 15 is 0 Å². The average molecular weight is 427 g/mol. The molecule has 8 heteroatoms. The summed E-state index contributed by atoms with van der Waals surface area (Å²) in [4.78, 5) is 27.2. The molecule has 0 aliphatic rings. The number of hydrogen-bond acceptors (Lipinski definition) is 4. The summed E-state index contributed by atoms with van der Waals surface area (Å²) in [6.07, 6.45) is 0.537. The van der Waals surface area contributed by atoms with Crippen molar-refractivity contribution < 1.29 is 9.90 Å². The molecule has 32 heavy (non-hydrogen) atoms. The van der Waals surface area contributed by atoms with Crippen LogP contribution in [0.2, 0.25) is 0 Å². The number of H-pyrrole nitrogens is 1. The van der Waals surface area contributed by atoms with E-state index in [0.717, 1.165) is 15.8 Å². The van der Waals surface area contributed by atoms with Crippen molar-refractivity contribution in [2.24, 2.45) is 5.73 Å². The van der Waals surface area contributed by atoms with Crippen molar-refractivity contribution in [1.82, 2.24) is 14.8 Å². The minimum absolute atomic E-state index is 0.00340. The Labute approximate surface area is 183 Å². The zero-order valence-corrected chi connectivity index (χ0v) is 17.0. The number of aromatic carboxylic acids is 1. The van der Waals surface area contributed by atoms with E-state index in [4.69, 9.17) is 11.1 Å². The van der Waals surface area contributed by atoms with Gasteiger partial charge in [-0.2, -0.15) is 4.68 Å². The van der Waals surface area contributed by atoms with Crippen LogP contribution in [0.15, 0.2) is 83.7 Å². The van der Waals surface area contributed by atoms with Crippen LogP contribution < -0.4 is 11.4 Å². The highest BCUT2D eigenvalue weighted by Gasteiger charge is 2.22. The van der Waals surface area contributed by atoms with Crippen LogP contribution in [0.5, 0.6) is 0 Å². The summed E-state index contributed by atoms with van der Waals surface area (Å²) >= 11 is 0. The molecule has 0 radical (unpaired) electrons. The molecule has 1 atom stereocenters. The van der Waals surface area contributed by atoms with E-state index in [2.05, 4.69) is 10.1 Å². The fourth-order valence-electron chi connectivity index (χ4n) is 3.61. The van der Waals surface area contributed by atoms with Gasteiger partial charge in [-0.3, -0.25) is 10.4 Å². The molecule has 0 aliphatic heterocycles. The van der Waals surface area contributed by atoms with Gasteiger partial charge in [-0.1, -0.05) is 66.7 Å². The van der Waals surface area contributed by atoms with E-state index in [1.54, 1.807) is 30.3 Å². The number of nitrogens with two attached hydrogens (primary N) is 1. The summed E-state index contributed by atoms with van der Waals surface area (Å²) in [5, 5.41) is 21.5. The molecule has 1 unspecified atom stereocenters. The number of rotatable bonds is 7. The van der Waals surface area contributed by atoms with Gasteiger partial charge in [0.25, 0.3) is 0 Å². The quantitative estimate of drug-likeness (QED) is 0.265. The van der Waals surface area contributed by atoms with Crippen molar-refractivity contribution in [3.8, 4) is 5.69 Å². The number of aromatic amines is 1. The normalized spacial score (nSPS) is 11.8. The highest BCUT2D eigenvalue weighted by atomic mass is 16.4. The van der Waals surface area contributed by atoms with Crippen molar-refractivity contribution in [3.05, 3.63) is 117 Å². The smallest absolute Gasteiger partial charge is 0.348 e. The van der Waals surface area contributed by atoms with Gasteiger partial charge in [0.1, 0.15) is 11.7 Å². The van der Waals surface area contributed by atoms with Crippen molar-refractivity contribution in [2.45, 2.75) is 12.3 Å². The Balaban J connectivity index is 1.76. The van der Waals surface area contributed by atoms with Gasteiger partial charge in [-0.05, 0) is 29.7 Å². The molecule has 0 bridgehead atoms. The third kappa shape index (κ3) is 4.20. The van der Waals surface area contributed by atoms with E-state index in [1.165, 1.54) is 6.07 Å². The van der Waals surface area contributed by atoms with Crippen LogP contribution in [-0.4, -0.2) is 31.7 Å². The Morgan fingerprint density at radius 2 is 1.69 bits per heavy atom. The van der Waals surface area contributed by atoms with E-state index in [0.29, 0.717) is 17.8 Å². The number of nitrogens with one attached hydrogen (secondary N) is 2. The van der Waals surface area contributed by atoms with E-state index < -0.39 is 11.7 Å². The van der Waals surface area contributed by atoms with Crippen LogP contribution in [0.25, 0.3) is 5.69 Å². The van der Waals surface area contributed by atoms with E-state index in [1.807, 2.05) is 42.5 Å². The second kappa shape index (κ2) is 8.73. The summed E-state index contributed by atoms with van der Waals surface area (Å²) in [7, 11) is 0. The molecule has 1 heterocycles. The Hall–Kier alpha value is -4.46. The molecule has 0 saturated carbocycles. The first-order chi connectivity index (χ1) is 15.4. The number of nitrogen functional groups attached to an aromatic ring is 1. The van der Waals surface area contributed by atoms with Crippen LogP contribution in [0.1, 0.15) is 38.8 Å². The summed E-state index contributed by atoms with van der Waals surface area (Å²) in [6.45, 7) is 0. The van der Waals surface area contributed by atoms with Gasteiger partial charge in [0, 0.05) is 11.5 Å². The highest BCUT2D eigenvalue weighted by Crippen LogP contribution is 2.26. The lowest BCUT2D eigenvalue weighted by Crippen LogP contribution is -2.18. The van der Waals surface area contributed by atoms with Crippen molar-refractivity contribution >= 4 is 11.8 Å². The number of carboxylic acids is 1. The van der Waals surface area contributed by atoms with Gasteiger partial charge in [0.2, 0.25) is 0 Å². The number of para-hydroxylation sites is 1. The lowest BCUT2D eigenvalue weighted by molar-refractivity contribution is 0.0696.